The van der Waals surface area contributed by atoms with Crippen LogP contribution in [-0.2, 0) is 0 Å². The van der Waals surface area contributed by atoms with Gasteiger partial charge in [-0.25, -0.2) is 4.98 Å². The standard InChI is InChI=1S/C10H11ClN4O2/c1-2-14(5-3-4-12)10-7-8(15(16)17)6-9(11)13-10/h6-7H,2-3,5H2,1H3. The first-order chi connectivity index (χ1) is 8.08. The van der Waals surface area contributed by atoms with E-state index in [-0.39, 0.29) is 10.8 Å². The van der Waals surface area contributed by atoms with Crippen molar-refractivity contribution in [1.29, 1.82) is 5.26 Å². The van der Waals surface area contributed by atoms with Crippen LogP contribution in [0.5, 0.6) is 0 Å². The first-order valence-electron chi connectivity index (χ1n) is 5.02. The molecule has 0 aromatic carbocycles. The Morgan fingerprint density at radius 2 is 2.35 bits per heavy atom. The molecule has 0 unspecified atom stereocenters. The average molecular weight is 255 g/mol. The Labute approximate surface area is 104 Å². The molecule has 0 aliphatic rings. The van der Waals surface area contributed by atoms with E-state index in [0.29, 0.717) is 25.3 Å². The van der Waals surface area contributed by atoms with Crippen molar-refractivity contribution in [2.75, 3.05) is 18.0 Å². The van der Waals surface area contributed by atoms with Gasteiger partial charge in [-0.1, -0.05) is 11.6 Å². The Morgan fingerprint density at radius 1 is 1.65 bits per heavy atom. The van der Waals surface area contributed by atoms with Gasteiger partial charge in [-0.3, -0.25) is 10.1 Å². The minimum Gasteiger partial charge on any atom is -0.356 e. The topological polar surface area (TPSA) is 83.1 Å². The summed E-state index contributed by atoms with van der Waals surface area (Å²) in [6.45, 7) is 2.95. The second-order valence-electron chi connectivity index (χ2n) is 3.25. The zero-order chi connectivity index (χ0) is 12.8. The number of hydrogen-bond acceptors (Lipinski definition) is 5. The molecule has 90 valence electrons. The Hall–Kier alpha value is -1.87. The van der Waals surface area contributed by atoms with Crippen LogP contribution in [0.2, 0.25) is 5.15 Å². The summed E-state index contributed by atoms with van der Waals surface area (Å²) in [4.78, 5) is 15.9. The van der Waals surface area contributed by atoms with E-state index in [2.05, 4.69) is 4.98 Å². The maximum absolute atomic E-state index is 10.7. The third-order valence-electron chi connectivity index (χ3n) is 2.18. The first kappa shape index (κ1) is 13.2. The Bertz CT molecular complexity index is 458. The van der Waals surface area contributed by atoms with Gasteiger partial charge in [-0.15, -0.1) is 0 Å². The molecule has 0 radical (unpaired) electrons. The minimum atomic E-state index is -0.519. The number of hydrogen-bond donors (Lipinski definition) is 0. The van der Waals surface area contributed by atoms with Gasteiger partial charge in [0.25, 0.3) is 5.69 Å². The molecule has 0 aliphatic carbocycles. The van der Waals surface area contributed by atoms with Gasteiger partial charge in [0.15, 0.2) is 0 Å². The first-order valence-corrected chi connectivity index (χ1v) is 5.40. The zero-order valence-electron chi connectivity index (χ0n) is 9.26. The van der Waals surface area contributed by atoms with E-state index in [1.807, 2.05) is 13.0 Å². The molecule has 17 heavy (non-hydrogen) atoms. The molecule has 7 heteroatoms. The molecule has 1 heterocycles. The van der Waals surface area contributed by atoms with Crippen LogP contribution >= 0.6 is 11.6 Å². The lowest BCUT2D eigenvalue weighted by Gasteiger charge is -2.20. The van der Waals surface area contributed by atoms with Crippen molar-refractivity contribution in [3.8, 4) is 6.07 Å². The molecule has 6 nitrogen and oxygen atoms in total. The highest BCUT2D eigenvalue weighted by molar-refractivity contribution is 6.29. The monoisotopic (exact) mass is 254 g/mol. The van der Waals surface area contributed by atoms with Crippen LogP contribution in [0.4, 0.5) is 11.5 Å². The van der Waals surface area contributed by atoms with Crippen molar-refractivity contribution >= 4 is 23.1 Å². The van der Waals surface area contributed by atoms with Gasteiger partial charge < -0.3 is 4.90 Å². The molecule has 0 spiro atoms. The summed E-state index contributed by atoms with van der Waals surface area (Å²) < 4.78 is 0. The smallest absolute Gasteiger partial charge is 0.276 e. The predicted octanol–water partition coefficient (Wildman–Crippen LogP) is 2.38. The van der Waals surface area contributed by atoms with Crippen LogP contribution in [0.3, 0.4) is 0 Å². The summed E-state index contributed by atoms with van der Waals surface area (Å²) in [5.41, 5.74) is -0.101. The van der Waals surface area contributed by atoms with Crippen molar-refractivity contribution in [2.45, 2.75) is 13.3 Å². The number of nitro groups is 1. The zero-order valence-corrected chi connectivity index (χ0v) is 10.0. The summed E-state index contributed by atoms with van der Waals surface area (Å²) in [7, 11) is 0. The molecular formula is C10H11ClN4O2. The molecule has 1 aromatic heterocycles. The SMILES string of the molecule is CCN(CCC#N)c1cc([N+](=O)[O-])cc(Cl)n1. The van der Waals surface area contributed by atoms with E-state index < -0.39 is 4.92 Å². The van der Waals surface area contributed by atoms with Gasteiger partial charge in [0.05, 0.1) is 29.5 Å². The highest BCUT2D eigenvalue weighted by Crippen LogP contribution is 2.23. The lowest BCUT2D eigenvalue weighted by atomic mass is 10.3. The van der Waals surface area contributed by atoms with Crippen LogP contribution in [0.1, 0.15) is 13.3 Å². The Balaban J connectivity index is 3.03. The third kappa shape index (κ3) is 3.57. The van der Waals surface area contributed by atoms with E-state index in [1.165, 1.54) is 12.1 Å². The number of halogens is 1. The van der Waals surface area contributed by atoms with Crippen molar-refractivity contribution in [3.05, 3.63) is 27.4 Å². The summed E-state index contributed by atoms with van der Waals surface area (Å²) >= 11 is 5.72. The van der Waals surface area contributed by atoms with Crippen molar-refractivity contribution in [2.24, 2.45) is 0 Å². The highest BCUT2D eigenvalue weighted by Gasteiger charge is 2.14. The maximum atomic E-state index is 10.7. The largest absolute Gasteiger partial charge is 0.356 e. The summed E-state index contributed by atoms with van der Waals surface area (Å²) in [5, 5.41) is 19.3. The van der Waals surface area contributed by atoms with E-state index >= 15 is 0 Å². The van der Waals surface area contributed by atoms with Crippen LogP contribution in [0, 0.1) is 21.4 Å². The van der Waals surface area contributed by atoms with E-state index in [1.54, 1.807) is 4.90 Å². The van der Waals surface area contributed by atoms with Crippen molar-refractivity contribution < 1.29 is 4.92 Å². The van der Waals surface area contributed by atoms with Gasteiger partial charge in [0, 0.05) is 13.1 Å². The number of aromatic nitrogens is 1. The van der Waals surface area contributed by atoms with E-state index in [4.69, 9.17) is 16.9 Å². The van der Waals surface area contributed by atoms with Gasteiger partial charge in [0.1, 0.15) is 11.0 Å². The van der Waals surface area contributed by atoms with E-state index in [0.717, 1.165) is 0 Å². The summed E-state index contributed by atoms with van der Waals surface area (Å²) in [5.74, 6) is 0.418. The van der Waals surface area contributed by atoms with Gasteiger partial charge in [-0.2, -0.15) is 5.26 Å². The number of anilines is 1. The van der Waals surface area contributed by atoms with Crippen molar-refractivity contribution in [3.63, 3.8) is 0 Å². The molecule has 1 rings (SSSR count). The molecule has 0 amide bonds. The van der Waals surface area contributed by atoms with Crippen LogP contribution < -0.4 is 4.90 Å². The number of rotatable bonds is 5. The maximum Gasteiger partial charge on any atom is 0.276 e. The number of nitrogens with zero attached hydrogens (tertiary/aromatic N) is 4. The fourth-order valence-corrected chi connectivity index (χ4v) is 1.56. The molecule has 0 aliphatic heterocycles. The fraction of sp³-hybridized carbons (Fsp3) is 0.400. The molecule has 0 fully saturated rings. The molecule has 1 aromatic rings. The normalized spacial score (nSPS) is 9.71. The van der Waals surface area contributed by atoms with Crippen molar-refractivity contribution in [1.82, 2.24) is 4.98 Å². The van der Waals surface area contributed by atoms with Crippen LogP contribution in [0.15, 0.2) is 12.1 Å². The quantitative estimate of drug-likeness (QED) is 0.458. The molecule has 0 saturated carbocycles. The number of pyridine rings is 1. The fourth-order valence-electron chi connectivity index (χ4n) is 1.36. The molecular weight excluding hydrogens is 244 g/mol. The third-order valence-corrected chi connectivity index (χ3v) is 2.37. The molecule has 0 saturated heterocycles. The number of nitriles is 1. The second kappa shape index (κ2) is 6.01. The summed E-state index contributed by atoms with van der Waals surface area (Å²) in [6.07, 6.45) is 0.329. The van der Waals surface area contributed by atoms with Crippen LogP contribution in [-0.4, -0.2) is 23.0 Å². The Kier molecular flexibility index (Phi) is 4.67. The Morgan fingerprint density at radius 3 is 2.88 bits per heavy atom. The van der Waals surface area contributed by atoms with Gasteiger partial charge in [-0.05, 0) is 6.92 Å². The second-order valence-corrected chi connectivity index (χ2v) is 3.64. The van der Waals surface area contributed by atoms with Gasteiger partial charge >= 0.3 is 0 Å². The molecule has 0 N–H and O–H groups in total. The lowest BCUT2D eigenvalue weighted by molar-refractivity contribution is -0.384. The highest BCUT2D eigenvalue weighted by atomic mass is 35.5. The summed E-state index contributed by atoms with van der Waals surface area (Å²) in [6, 6.07) is 4.57. The average Bonchev–Trinajstić information content (AvgIpc) is 2.29. The van der Waals surface area contributed by atoms with Crippen LogP contribution in [0.25, 0.3) is 0 Å². The molecule has 0 atom stereocenters. The van der Waals surface area contributed by atoms with E-state index in [9.17, 15) is 10.1 Å². The van der Waals surface area contributed by atoms with Gasteiger partial charge in [0.2, 0.25) is 0 Å². The lowest BCUT2D eigenvalue weighted by Crippen LogP contribution is -2.24. The minimum absolute atomic E-state index is 0.0737. The molecule has 0 bridgehead atoms. The predicted molar refractivity (Wildman–Crippen MR) is 64.0 cm³/mol.